The van der Waals surface area contributed by atoms with E-state index in [1.807, 2.05) is 0 Å². The summed E-state index contributed by atoms with van der Waals surface area (Å²) in [6.45, 7) is -0.475. The molecule has 1 aliphatic heterocycles. The van der Waals surface area contributed by atoms with E-state index in [-0.39, 0.29) is 22.3 Å². The number of hydrogen-bond donors (Lipinski definition) is 4. The van der Waals surface area contributed by atoms with Gasteiger partial charge in [0.25, 0.3) is 6.29 Å². The molecule has 5 N–H and O–H groups in total. The number of halogens is 1. The van der Waals surface area contributed by atoms with Gasteiger partial charge in [0.2, 0.25) is 11.6 Å². The molecule has 3 heterocycles. The van der Waals surface area contributed by atoms with Crippen molar-refractivity contribution in [3.8, 4) is 0 Å². The van der Waals surface area contributed by atoms with Crippen molar-refractivity contribution < 1.29 is 24.9 Å². The molecule has 1 fully saturated rings. The number of aliphatic hydroxyl groups excluding tert-OH is 3. The first-order chi connectivity index (χ1) is 10.0. The second-order valence-corrected chi connectivity index (χ2v) is 4.68. The van der Waals surface area contributed by atoms with E-state index in [2.05, 4.69) is 20.3 Å². The van der Waals surface area contributed by atoms with Crippen molar-refractivity contribution in [2.24, 2.45) is 0 Å². The van der Waals surface area contributed by atoms with E-state index in [1.54, 1.807) is 0 Å². The number of rotatable bonds is 3. The van der Waals surface area contributed by atoms with Gasteiger partial charge in [0, 0.05) is 0 Å². The highest BCUT2D eigenvalue weighted by atomic mass is 35.5. The number of anilines is 1. The van der Waals surface area contributed by atoms with Crippen LogP contribution in [0.4, 0.5) is 5.95 Å². The van der Waals surface area contributed by atoms with Gasteiger partial charge in [-0.1, -0.05) is 16.4 Å². The van der Waals surface area contributed by atoms with Gasteiger partial charge in [-0.15, -0.1) is 5.10 Å². The first-order valence-electron chi connectivity index (χ1n) is 5.85. The van der Waals surface area contributed by atoms with E-state index in [0.717, 1.165) is 4.85 Å². The van der Waals surface area contributed by atoms with Crippen LogP contribution >= 0.6 is 11.6 Å². The lowest BCUT2D eigenvalue weighted by Gasteiger charge is -2.15. The first kappa shape index (κ1) is 14.2. The van der Waals surface area contributed by atoms with Gasteiger partial charge in [-0.25, -0.2) is 0 Å². The van der Waals surface area contributed by atoms with Crippen LogP contribution in [0.3, 0.4) is 0 Å². The molecule has 1 aliphatic rings. The van der Waals surface area contributed by atoms with Gasteiger partial charge in [0.1, 0.15) is 18.3 Å². The number of fused-ring (bicyclic) bond motifs is 1. The Labute approximate surface area is 121 Å². The lowest BCUT2D eigenvalue weighted by atomic mass is 10.1. The average Bonchev–Trinajstić information content (AvgIpc) is 2.96. The molecule has 2 aromatic rings. The normalized spacial score (nSPS) is 29.1. The minimum absolute atomic E-state index is 0.00601. The number of aliphatic hydroxyl groups is 3. The van der Waals surface area contributed by atoms with Gasteiger partial charge in [0.15, 0.2) is 10.7 Å². The van der Waals surface area contributed by atoms with Crippen LogP contribution in [-0.2, 0) is 4.74 Å². The molecule has 0 aromatic carbocycles. The zero-order valence-electron chi connectivity index (χ0n) is 10.4. The van der Waals surface area contributed by atoms with Gasteiger partial charge in [-0.2, -0.15) is 9.97 Å². The number of ether oxygens (including phenoxy) is 1. The minimum Gasteiger partial charge on any atom is -0.394 e. The molecule has 0 spiro atoms. The zero-order valence-corrected chi connectivity index (χ0v) is 11.1. The van der Waals surface area contributed by atoms with Crippen LogP contribution in [0.15, 0.2) is 0 Å². The van der Waals surface area contributed by atoms with Crippen LogP contribution in [0.5, 0.6) is 0 Å². The number of nitrogen functional groups attached to an aromatic ring is 1. The first-order valence-corrected chi connectivity index (χ1v) is 6.23. The fourth-order valence-electron chi connectivity index (χ4n) is 1.90. The van der Waals surface area contributed by atoms with Crippen molar-refractivity contribution in [2.75, 3.05) is 12.3 Å². The smallest absolute Gasteiger partial charge is 0.256 e. The third-order valence-corrected chi connectivity index (χ3v) is 3.21. The standard InChI is InChI=1S/C9H11ClN6O5/c10-6-3-7(13-9(11)12-6)16(15-14-3)21-8-5(19)4(18)2(1-17)20-8/h2,4-5,8,17-19H,1H2,(H2,11,12,13)/t2-,4-,5-,8-/m1/s1. The molecule has 21 heavy (non-hydrogen) atoms. The minimum atomic E-state index is -1.38. The van der Waals surface area contributed by atoms with E-state index < -0.39 is 31.2 Å². The Kier molecular flexibility index (Phi) is 3.51. The van der Waals surface area contributed by atoms with Gasteiger partial charge in [-0.05, 0) is 5.21 Å². The van der Waals surface area contributed by atoms with E-state index in [4.69, 9.17) is 32.0 Å². The molecule has 114 valence electrons. The molecule has 3 rings (SSSR count). The highest BCUT2D eigenvalue weighted by molar-refractivity contribution is 6.33. The molecular weight excluding hydrogens is 308 g/mol. The zero-order chi connectivity index (χ0) is 15.1. The summed E-state index contributed by atoms with van der Waals surface area (Å²) < 4.78 is 5.15. The van der Waals surface area contributed by atoms with Crippen LogP contribution < -0.4 is 10.6 Å². The Balaban J connectivity index is 1.89. The van der Waals surface area contributed by atoms with E-state index in [0.29, 0.717) is 0 Å². The molecule has 0 unspecified atom stereocenters. The molecule has 0 bridgehead atoms. The summed E-state index contributed by atoms with van der Waals surface area (Å²) in [6.07, 6.45) is -4.91. The number of nitrogens with zero attached hydrogens (tertiary/aromatic N) is 5. The summed E-state index contributed by atoms with van der Waals surface area (Å²) in [5, 5.41) is 35.8. The van der Waals surface area contributed by atoms with Crippen molar-refractivity contribution in [1.82, 2.24) is 25.1 Å². The second kappa shape index (κ2) is 5.20. The van der Waals surface area contributed by atoms with E-state index in [9.17, 15) is 10.2 Å². The largest absolute Gasteiger partial charge is 0.394 e. The number of aromatic nitrogens is 5. The topological polar surface area (TPSA) is 162 Å². The molecule has 0 aliphatic carbocycles. The van der Waals surface area contributed by atoms with Crippen LogP contribution in [0, 0.1) is 0 Å². The summed E-state index contributed by atoms with van der Waals surface area (Å²) >= 11 is 5.83. The predicted octanol–water partition coefficient (Wildman–Crippen LogP) is -2.68. The molecule has 0 saturated carbocycles. The van der Waals surface area contributed by atoms with E-state index >= 15 is 0 Å². The maximum Gasteiger partial charge on any atom is 0.256 e. The van der Waals surface area contributed by atoms with Gasteiger partial charge < -0.3 is 30.6 Å². The lowest BCUT2D eigenvalue weighted by molar-refractivity contribution is -0.176. The molecule has 12 heteroatoms. The quantitative estimate of drug-likeness (QED) is 0.439. The summed E-state index contributed by atoms with van der Waals surface area (Å²) in [5.41, 5.74) is 5.69. The Morgan fingerprint density at radius 1 is 1.33 bits per heavy atom. The summed E-state index contributed by atoms with van der Waals surface area (Å²) in [7, 11) is 0. The highest BCUT2D eigenvalue weighted by Gasteiger charge is 2.44. The van der Waals surface area contributed by atoms with Crippen molar-refractivity contribution in [2.45, 2.75) is 24.6 Å². The van der Waals surface area contributed by atoms with Gasteiger partial charge >= 0.3 is 0 Å². The fourth-order valence-corrected chi connectivity index (χ4v) is 2.11. The average molecular weight is 319 g/mol. The van der Waals surface area contributed by atoms with Gasteiger partial charge in [-0.3, -0.25) is 0 Å². The third-order valence-electron chi connectivity index (χ3n) is 2.95. The highest BCUT2D eigenvalue weighted by Crippen LogP contribution is 2.22. The Morgan fingerprint density at radius 2 is 2.10 bits per heavy atom. The van der Waals surface area contributed by atoms with Crippen LogP contribution in [0.2, 0.25) is 5.15 Å². The van der Waals surface area contributed by atoms with Crippen LogP contribution in [0.25, 0.3) is 11.2 Å². The van der Waals surface area contributed by atoms with Crippen molar-refractivity contribution in [1.29, 1.82) is 0 Å². The molecule has 11 nitrogen and oxygen atoms in total. The Hall–Kier alpha value is -1.79. The molecular formula is C9H11ClN6O5. The maximum absolute atomic E-state index is 9.78. The van der Waals surface area contributed by atoms with E-state index in [1.165, 1.54) is 0 Å². The second-order valence-electron chi connectivity index (χ2n) is 4.32. The Bertz CT molecular complexity index is 667. The number of nitrogens with two attached hydrogens (primary N) is 1. The monoisotopic (exact) mass is 318 g/mol. The van der Waals surface area contributed by atoms with Gasteiger partial charge in [0.05, 0.1) is 6.61 Å². The number of hydrogen-bond acceptors (Lipinski definition) is 10. The molecule has 0 radical (unpaired) electrons. The van der Waals surface area contributed by atoms with Crippen LogP contribution in [-0.4, -0.2) is 71.7 Å². The molecule has 1 saturated heterocycles. The van der Waals surface area contributed by atoms with Crippen molar-refractivity contribution >= 4 is 28.7 Å². The lowest BCUT2D eigenvalue weighted by Crippen LogP contribution is -2.38. The Morgan fingerprint density at radius 3 is 2.76 bits per heavy atom. The SMILES string of the molecule is Nc1nc(Cl)c2nnn(O[C@H]3O[C@H](CO)[C@@H](O)[C@H]3O)c2n1. The fraction of sp³-hybridized carbons (Fsp3) is 0.556. The summed E-state index contributed by atoms with van der Waals surface area (Å²) in [6, 6.07) is 0. The maximum atomic E-state index is 9.78. The third kappa shape index (κ3) is 2.34. The predicted molar refractivity (Wildman–Crippen MR) is 66.9 cm³/mol. The van der Waals surface area contributed by atoms with Crippen molar-refractivity contribution in [3.63, 3.8) is 0 Å². The summed E-state index contributed by atoms with van der Waals surface area (Å²) in [5.74, 6) is -0.110. The van der Waals surface area contributed by atoms with Crippen LogP contribution in [0.1, 0.15) is 0 Å². The molecule has 0 amide bonds. The molecule has 4 atom stereocenters. The molecule has 2 aromatic heterocycles. The van der Waals surface area contributed by atoms with Crippen molar-refractivity contribution in [3.05, 3.63) is 5.15 Å². The summed E-state index contributed by atoms with van der Waals surface area (Å²) in [4.78, 5) is 13.7.